The van der Waals surface area contributed by atoms with Crippen LogP contribution in [0.2, 0.25) is 0 Å². The first-order chi connectivity index (χ1) is 13.8. The summed E-state index contributed by atoms with van der Waals surface area (Å²) >= 11 is 1.53. The van der Waals surface area contributed by atoms with Gasteiger partial charge in [-0.05, 0) is 85.0 Å². The van der Waals surface area contributed by atoms with E-state index < -0.39 is 0 Å². The van der Waals surface area contributed by atoms with Crippen LogP contribution in [-0.2, 0) is 4.79 Å². The van der Waals surface area contributed by atoms with Gasteiger partial charge in [-0.15, -0.1) is 11.3 Å². The predicted molar refractivity (Wildman–Crippen MR) is 116 cm³/mol. The van der Waals surface area contributed by atoms with Crippen molar-refractivity contribution in [3.8, 4) is 0 Å². The first kappa shape index (κ1) is 19.6. The number of amides is 2. The highest BCUT2D eigenvalue weighted by Crippen LogP contribution is 2.64. The first-order valence-electron chi connectivity index (χ1n) is 11.4. The van der Waals surface area contributed by atoms with E-state index in [1.807, 2.05) is 24.6 Å². The molecule has 5 rings (SSSR count). The van der Waals surface area contributed by atoms with Crippen molar-refractivity contribution in [1.82, 2.24) is 10.2 Å². The normalized spacial score (nSPS) is 44.0. The minimum atomic E-state index is 0.108. The third-order valence-electron chi connectivity index (χ3n) is 9.61. The van der Waals surface area contributed by atoms with Crippen molar-refractivity contribution in [2.45, 2.75) is 77.3 Å². The number of rotatable bonds is 2. The van der Waals surface area contributed by atoms with Gasteiger partial charge < -0.3 is 10.2 Å². The number of thiophene rings is 1. The van der Waals surface area contributed by atoms with Gasteiger partial charge in [-0.1, -0.05) is 19.9 Å². The second kappa shape index (κ2) is 6.83. The fourth-order valence-corrected chi connectivity index (χ4v) is 8.65. The van der Waals surface area contributed by atoms with E-state index in [1.54, 1.807) is 0 Å². The molecule has 5 heteroatoms. The molecule has 4 aliphatic rings. The maximum absolute atomic E-state index is 12.7. The molecule has 29 heavy (non-hydrogen) atoms. The van der Waals surface area contributed by atoms with E-state index in [0.717, 1.165) is 36.0 Å². The van der Waals surface area contributed by atoms with Crippen molar-refractivity contribution in [3.05, 3.63) is 22.4 Å². The van der Waals surface area contributed by atoms with E-state index in [1.165, 1.54) is 37.0 Å². The Labute approximate surface area is 178 Å². The fourth-order valence-electron chi connectivity index (χ4n) is 8.02. The van der Waals surface area contributed by atoms with Crippen molar-refractivity contribution < 1.29 is 9.59 Å². The molecule has 0 aromatic carbocycles. The first-order valence-corrected chi connectivity index (χ1v) is 12.3. The highest BCUT2D eigenvalue weighted by Gasteiger charge is 2.61. The van der Waals surface area contributed by atoms with Crippen LogP contribution in [0.5, 0.6) is 0 Å². The lowest BCUT2D eigenvalue weighted by molar-refractivity contribution is -0.157. The van der Waals surface area contributed by atoms with Crippen LogP contribution in [-0.4, -0.2) is 35.8 Å². The second-order valence-corrected chi connectivity index (χ2v) is 11.6. The number of likely N-dealkylation sites (tertiary alicyclic amines) is 1. The van der Waals surface area contributed by atoms with Crippen LogP contribution in [0.25, 0.3) is 0 Å². The summed E-state index contributed by atoms with van der Waals surface area (Å²) in [6.45, 7) is 4.93. The molecule has 2 heterocycles. The molecule has 1 N–H and O–H groups in total. The minimum absolute atomic E-state index is 0.108. The Morgan fingerprint density at radius 3 is 2.66 bits per heavy atom. The number of nitrogens with one attached hydrogen (secondary N) is 1. The summed E-state index contributed by atoms with van der Waals surface area (Å²) in [6.07, 6.45) is 8.97. The zero-order chi connectivity index (χ0) is 20.4. The van der Waals surface area contributed by atoms with Crippen LogP contribution in [0, 0.1) is 28.6 Å². The molecule has 4 nitrogen and oxygen atoms in total. The number of hydrogen-bond donors (Lipinski definition) is 1. The molecule has 1 unspecified atom stereocenters. The highest BCUT2D eigenvalue weighted by atomic mass is 32.1. The summed E-state index contributed by atoms with van der Waals surface area (Å²) in [5.41, 5.74) is 0.485. The smallest absolute Gasteiger partial charge is 0.261 e. The van der Waals surface area contributed by atoms with Crippen LogP contribution >= 0.6 is 11.3 Å². The molecule has 0 radical (unpaired) electrons. The molecule has 7 atom stereocenters. The van der Waals surface area contributed by atoms with Gasteiger partial charge in [0.1, 0.15) is 0 Å². The highest BCUT2D eigenvalue weighted by molar-refractivity contribution is 7.12. The van der Waals surface area contributed by atoms with Crippen LogP contribution < -0.4 is 5.32 Å². The summed E-state index contributed by atoms with van der Waals surface area (Å²) in [7, 11) is 2.03. The summed E-state index contributed by atoms with van der Waals surface area (Å²) in [4.78, 5) is 27.9. The van der Waals surface area contributed by atoms with Gasteiger partial charge in [0, 0.05) is 25.6 Å². The van der Waals surface area contributed by atoms with Gasteiger partial charge in [-0.25, -0.2) is 0 Å². The second-order valence-electron chi connectivity index (χ2n) is 10.6. The SMILES string of the molecule is CN1C(=O)CC[C@]2(C)[C@H]3CC[C@]4(C)C(NC(=O)c5cccs5)CC[C@H]4[C@@H]3CC[C@@H]12. The maximum Gasteiger partial charge on any atom is 0.261 e. The van der Waals surface area contributed by atoms with E-state index in [-0.39, 0.29) is 16.7 Å². The number of carbonyl (C=O) groups is 2. The summed E-state index contributed by atoms with van der Waals surface area (Å²) < 4.78 is 0. The Kier molecular flexibility index (Phi) is 4.61. The lowest BCUT2D eigenvalue weighted by Gasteiger charge is -2.61. The van der Waals surface area contributed by atoms with Crippen LogP contribution in [0.3, 0.4) is 0 Å². The lowest BCUT2D eigenvalue weighted by Crippen LogP contribution is -2.62. The van der Waals surface area contributed by atoms with E-state index >= 15 is 0 Å². The quantitative estimate of drug-likeness (QED) is 0.762. The zero-order valence-electron chi connectivity index (χ0n) is 17.9. The van der Waals surface area contributed by atoms with Crippen molar-refractivity contribution in [3.63, 3.8) is 0 Å². The van der Waals surface area contributed by atoms with Gasteiger partial charge in [0.15, 0.2) is 0 Å². The molecule has 1 aromatic rings. The number of nitrogens with zero attached hydrogens (tertiary/aromatic N) is 1. The Hall–Kier alpha value is -1.36. The molecule has 4 fully saturated rings. The van der Waals surface area contributed by atoms with Gasteiger partial charge in [0.25, 0.3) is 5.91 Å². The van der Waals surface area contributed by atoms with E-state index in [0.29, 0.717) is 30.3 Å². The minimum Gasteiger partial charge on any atom is -0.348 e. The molecule has 0 bridgehead atoms. The number of hydrogen-bond acceptors (Lipinski definition) is 3. The predicted octanol–water partition coefficient (Wildman–Crippen LogP) is 4.71. The van der Waals surface area contributed by atoms with Crippen LogP contribution in [0.1, 0.15) is 74.9 Å². The van der Waals surface area contributed by atoms with Gasteiger partial charge >= 0.3 is 0 Å². The van der Waals surface area contributed by atoms with Crippen molar-refractivity contribution in [2.24, 2.45) is 28.6 Å². The maximum atomic E-state index is 12.7. The van der Waals surface area contributed by atoms with Gasteiger partial charge in [-0.3, -0.25) is 9.59 Å². The average molecular weight is 415 g/mol. The summed E-state index contributed by atoms with van der Waals surface area (Å²) in [5, 5.41) is 5.39. The Bertz CT molecular complexity index is 808. The molecule has 3 aliphatic carbocycles. The molecule has 0 spiro atoms. The molecular formula is C24H34N2O2S. The molecule has 1 aromatic heterocycles. The molecular weight excluding hydrogens is 380 g/mol. The van der Waals surface area contributed by atoms with E-state index in [4.69, 9.17) is 0 Å². The monoisotopic (exact) mass is 414 g/mol. The van der Waals surface area contributed by atoms with E-state index in [9.17, 15) is 9.59 Å². The summed E-state index contributed by atoms with van der Waals surface area (Å²) in [5.74, 6) is 2.62. The topological polar surface area (TPSA) is 49.4 Å². The molecule has 3 saturated carbocycles. The van der Waals surface area contributed by atoms with Crippen LogP contribution in [0.15, 0.2) is 17.5 Å². The Morgan fingerprint density at radius 1 is 1.10 bits per heavy atom. The van der Waals surface area contributed by atoms with Gasteiger partial charge in [-0.2, -0.15) is 0 Å². The van der Waals surface area contributed by atoms with Gasteiger partial charge in [0.2, 0.25) is 5.91 Å². The third-order valence-corrected chi connectivity index (χ3v) is 10.5. The number of fused-ring (bicyclic) bond motifs is 5. The Balaban J connectivity index is 1.36. The van der Waals surface area contributed by atoms with Crippen molar-refractivity contribution in [2.75, 3.05) is 7.05 Å². The Morgan fingerprint density at radius 2 is 1.90 bits per heavy atom. The van der Waals surface area contributed by atoms with E-state index in [2.05, 4.69) is 24.1 Å². The lowest BCUT2D eigenvalue weighted by atomic mass is 9.47. The molecule has 1 saturated heterocycles. The van der Waals surface area contributed by atoms with Crippen molar-refractivity contribution in [1.29, 1.82) is 0 Å². The standard InChI is InChI=1S/C24H34N2O2S/c1-23-12-10-17-15(6-9-20-24(17,2)13-11-21(27)26(20)3)16(23)7-8-19(23)25-22(28)18-5-4-14-29-18/h4-5,14-17,19-20H,6-13H2,1-3H3,(H,25,28)/t15-,16-,17-,19?,20+,23-,24+/m0/s1. The summed E-state index contributed by atoms with van der Waals surface area (Å²) in [6, 6.07) is 4.60. The fraction of sp³-hybridized carbons (Fsp3) is 0.750. The van der Waals surface area contributed by atoms with Crippen LogP contribution in [0.4, 0.5) is 0 Å². The number of carbonyl (C=O) groups excluding carboxylic acids is 2. The molecule has 2 amide bonds. The largest absolute Gasteiger partial charge is 0.348 e. The average Bonchev–Trinajstić information content (AvgIpc) is 3.34. The third kappa shape index (κ3) is 2.83. The van der Waals surface area contributed by atoms with Gasteiger partial charge in [0.05, 0.1) is 4.88 Å². The van der Waals surface area contributed by atoms with Crippen molar-refractivity contribution >= 4 is 23.2 Å². The number of piperidine rings is 1. The zero-order valence-corrected chi connectivity index (χ0v) is 18.8. The molecule has 1 aliphatic heterocycles. The molecule has 158 valence electrons.